The number of nitrogens with zero attached hydrogens (tertiary/aromatic N) is 3. The van der Waals surface area contributed by atoms with Crippen LogP contribution in [0, 0.1) is 6.92 Å². The van der Waals surface area contributed by atoms with Crippen molar-refractivity contribution in [1.82, 2.24) is 4.98 Å². The second-order valence-corrected chi connectivity index (χ2v) is 6.92. The van der Waals surface area contributed by atoms with Crippen LogP contribution in [0.3, 0.4) is 0 Å². The van der Waals surface area contributed by atoms with Gasteiger partial charge in [-0.3, -0.25) is 0 Å². The van der Waals surface area contributed by atoms with Gasteiger partial charge in [-0.15, -0.1) is 0 Å². The van der Waals surface area contributed by atoms with Crippen molar-refractivity contribution in [2.75, 3.05) is 16.8 Å². The highest BCUT2D eigenvalue weighted by Gasteiger charge is 2.36. The van der Waals surface area contributed by atoms with E-state index in [2.05, 4.69) is 66.0 Å². The molecule has 0 N–H and O–H groups in total. The molecule has 0 amide bonds. The number of furan rings is 1. The lowest BCUT2D eigenvalue weighted by Crippen LogP contribution is -2.38. The zero-order valence-electron chi connectivity index (χ0n) is 15.2. The van der Waals surface area contributed by atoms with Crippen LogP contribution in [-0.2, 0) is 0 Å². The Morgan fingerprint density at radius 1 is 1.04 bits per heavy atom. The zero-order chi connectivity index (χ0) is 17.8. The largest absolute Gasteiger partial charge is 0.454 e. The molecular weight excluding hydrogens is 322 g/mol. The van der Waals surface area contributed by atoms with E-state index in [1.54, 1.807) is 0 Å². The maximum atomic E-state index is 6.34. The number of rotatable bonds is 2. The molecule has 0 aliphatic carbocycles. The third kappa shape index (κ3) is 1.93. The van der Waals surface area contributed by atoms with Crippen LogP contribution in [0.25, 0.3) is 21.9 Å². The first-order valence-electron chi connectivity index (χ1n) is 9.08. The molecule has 2 aromatic carbocycles. The molecule has 0 spiro atoms. The summed E-state index contributed by atoms with van der Waals surface area (Å²) in [6, 6.07) is 16.8. The van der Waals surface area contributed by atoms with Gasteiger partial charge in [-0.2, -0.15) is 0 Å². The van der Waals surface area contributed by atoms with Crippen LogP contribution in [0.5, 0.6) is 0 Å². The van der Waals surface area contributed by atoms with E-state index in [4.69, 9.17) is 4.42 Å². The van der Waals surface area contributed by atoms with Gasteiger partial charge in [-0.1, -0.05) is 37.3 Å². The normalized spacial score (nSPS) is 16.7. The molecule has 130 valence electrons. The topological polar surface area (TPSA) is 32.5 Å². The maximum absolute atomic E-state index is 6.34. The molecule has 1 aliphatic rings. The van der Waals surface area contributed by atoms with Crippen LogP contribution < -0.4 is 9.80 Å². The molecule has 4 nitrogen and oxygen atoms in total. The fraction of sp³-hybridized carbons (Fsp3) is 0.227. The lowest BCUT2D eigenvalue weighted by molar-refractivity contribution is 0.632. The van der Waals surface area contributed by atoms with E-state index < -0.39 is 0 Å². The molecule has 0 radical (unpaired) electrons. The molecule has 0 saturated heterocycles. The van der Waals surface area contributed by atoms with Crippen molar-refractivity contribution in [1.29, 1.82) is 0 Å². The lowest BCUT2D eigenvalue weighted by atomic mass is 10.1. The fourth-order valence-electron chi connectivity index (χ4n) is 4.22. The molecule has 26 heavy (non-hydrogen) atoms. The average molecular weight is 343 g/mol. The summed E-state index contributed by atoms with van der Waals surface area (Å²) in [5, 5.41) is 2.33. The first-order valence-corrected chi connectivity index (χ1v) is 9.08. The smallest absolute Gasteiger partial charge is 0.159 e. The predicted octanol–water partition coefficient (Wildman–Crippen LogP) is 5.61. The summed E-state index contributed by atoms with van der Waals surface area (Å²) in [4.78, 5) is 9.27. The molecule has 1 unspecified atom stereocenters. The Morgan fingerprint density at radius 3 is 2.73 bits per heavy atom. The van der Waals surface area contributed by atoms with Crippen LogP contribution in [-0.4, -0.2) is 18.2 Å². The van der Waals surface area contributed by atoms with Gasteiger partial charge < -0.3 is 14.2 Å². The highest BCUT2D eigenvalue weighted by atomic mass is 16.3. The fourth-order valence-corrected chi connectivity index (χ4v) is 4.22. The van der Waals surface area contributed by atoms with Crippen LogP contribution >= 0.6 is 0 Å². The Kier molecular flexibility index (Phi) is 3.23. The Hall–Kier alpha value is -3.01. The third-order valence-corrected chi connectivity index (χ3v) is 5.43. The maximum Gasteiger partial charge on any atom is 0.159 e. The highest BCUT2D eigenvalue weighted by Crippen LogP contribution is 2.47. The number of fused-ring (bicyclic) bond motifs is 4. The predicted molar refractivity (Wildman–Crippen MR) is 107 cm³/mol. The summed E-state index contributed by atoms with van der Waals surface area (Å²) < 4.78 is 6.34. The van der Waals surface area contributed by atoms with Gasteiger partial charge in [-0.25, -0.2) is 4.98 Å². The van der Waals surface area contributed by atoms with Crippen LogP contribution in [0.4, 0.5) is 17.2 Å². The van der Waals surface area contributed by atoms with Crippen LogP contribution in [0.2, 0.25) is 0 Å². The van der Waals surface area contributed by atoms with Crippen LogP contribution in [0.15, 0.2) is 59.1 Å². The summed E-state index contributed by atoms with van der Waals surface area (Å²) >= 11 is 0. The monoisotopic (exact) mass is 343 g/mol. The van der Waals surface area contributed by atoms with E-state index in [1.165, 1.54) is 5.56 Å². The molecule has 4 aromatic rings. The second-order valence-electron chi connectivity index (χ2n) is 6.92. The number of anilines is 3. The van der Waals surface area contributed by atoms with E-state index in [-0.39, 0.29) is 6.17 Å². The number of hydrogen-bond donors (Lipinski definition) is 0. The third-order valence-electron chi connectivity index (χ3n) is 5.43. The molecule has 3 heterocycles. The van der Waals surface area contributed by atoms with Crippen molar-refractivity contribution >= 4 is 39.1 Å². The molecule has 1 atom stereocenters. The van der Waals surface area contributed by atoms with Gasteiger partial charge in [0.05, 0.1) is 11.4 Å². The molecular formula is C22H21N3O. The van der Waals surface area contributed by atoms with Crippen molar-refractivity contribution in [2.45, 2.75) is 26.4 Å². The first kappa shape index (κ1) is 15.3. The quantitative estimate of drug-likeness (QED) is 0.473. The van der Waals surface area contributed by atoms with Crippen LogP contribution in [0.1, 0.15) is 18.9 Å². The highest BCUT2D eigenvalue weighted by molar-refractivity contribution is 6.10. The zero-order valence-corrected chi connectivity index (χ0v) is 15.2. The Bertz CT molecular complexity index is 1130. The minimum absolute atomic E-state index is 0.220. The molecule has 4 heteroatoms. The lowest BCUT2D eigenvalue weighted by Gasteiger charge is -2.30. The number of aromatic nitrogens is 1. The van der Waals surface area contributed by atoms with Gasteiger partial charge in [0.2, 0.25) is 0 Å². The minimum atomic E-state index is 0.220. The Morgan fingerprint density at radius 2 is 1.88 bits per heavy atom. The number of hydrogen-bond acceptors (Lipinski definition) is 4. The van der Waals surface area contributed by atoms with Gasteiger partial charge in [0.1, 0.15) is 11.7 Å². The summed E-state index contributed by atoms with van der Waals surface area (Å²) in [5.41, 5.74) is 5.37. The molecule has 2 aromatic heterocycles. The van der Waals surface area contributed by atoms with E-state index in [1.807, 2.05) is 24.4 Å². The number of para-hydroxylation sites is 1. The van der Waals surface area contributed by atoms with Crippen molar-refractivity contribution in [3.63, 3.8) is 0 Å². The molecule has 1 aliphatic heterocycles. The summed E-state index contributed by atoms with van der Waals surface area (Å²) in [7, 11) is 2.12. The van der Waals surface area contributed by atoms with Gasteiger partial charge >= 0.3 is 0 Å². The standard InChI is InChI=1S/C22H21N3O/c1-4-19-24(3)22-17(9-7-13-23-22)25(19)20-14(2)11-12-16-15-8-5-6-10-18(15)26-21(16)20/h5-13,19H,4H2,1-3H3. The molecule has 0 fully saturated rings. The average Bonchev–Trinajstić information content (AvgIpc) is 3.17. The Balaban J connectivity index is 1.85. The molecule has 5 rings (SSSR count). The van der Waals surface area contributed by atoms with Gasteiger partial charge in [0, 0.05) is 24.0 Å². The van der Waals surface area contributed by atoms with Gasteiger partial charge in [0.15, 0.2) is 11.4 Å². The van der Waals surface area contributed by atoms with E-state index in [0.717, 1.165) is 45.6 Å². The minimum Gasteiger partial charge on any atom is -0.454 e. The van der Waals surface area contributed by atoms with Crippen molar-refractivity contribution in [3.05, 3.63) is 60.3 Å². The Labute approximate surface area is 152 Å². The van der Waals surface area contributed by atoms with Gasteiger partial charge in [0.25, 0.3) is 0 Å². The number of pyridine rings is 1. The summed E-state index contributed by atoms with van der Waals surface area (Å²) in [6.07, 6.45) is 3.07. The van der Waals surface area contributed by atoms with E-state index in [0.29, 0.717) is 0 Å². The molecule has 0 saturated carbocycles. The van der Waals surface area contributed by atoms with Gasteiger partial charge in [-0.05, 0) is 37.1 Å². The summed E-state index contributed by atoms with van der Waals surface area (Å²) in [6.45, 7) is 4.37. The van der Waals surface area contributed by atoms with E-state index in [9.17, 15) is 0 Å². The summed E-state index contributed by atoms with van der Waals surface area (Å²) in [5.74, 6) is 1.02. The van der Waals surface area contributed by atoms with E-state index >= 15 is 0 Å². The molecule has 0 bridgehead atoms. The van der Waals surface area contributed by atoms with Crippen molar-refractivity contribution < 1.29 is 4.42 Å². The number of benzene rings is 2. The number of aryl methyl sites for hydroxylation is 1. The SMILES string of the molecule is CCC1N(C)c2ncccc2N1c1c(C)ccc2c1oc1ccccc12. The van der Waals surface area contributed by atoms with Crippen molar-refractivity contribution in [3.8, 4) is 0 Å². The first-order chi connectivity index (χ1) is 12.7. The second kappa shape index (κ2) is 5.49. The van der Waals surface area contributed by atoms with Crippen molar-refractivity contribution in [2.24, 2.45) is 0 Å².